The highest BCUT2D eigenvalue weighted by Crippen LogP contribution is 2.32. The zero-order chi connectivity index (χ0) is 24.2. The number of imidazole rings is 1. The standard InChI is InChI=1S/C22H30N8O4/c1-13-3-5-14(6-4-13)9-25-22(33)24-7-8-29(2)10-15-17(31)18(32)21(34-15)30-12-28-16-19(23)26-11-27-20(16)30/h3-6,11-12,15,17-18,21,31-32H,7-10H2,1-2H3,(H2,23,26,27)(H2,24,25,33)/t15-,17-,18-,21-/m1/s1. The molecule has 4 atom stereocenters. The third-order valence-electron chi connectivity index (χ3n) is 5.84. The van der Waals surface area contributed by atoms with Gasteiger partial charge in [-0.25, -0.2) is 19.7 Å². The summed E-state index contributed by atoms with van der Waals surface area (Å²) in [5.41, 5.74) is 8.84. The van der Waals surface area contributed by atoms with E-state index in [-0.39, 0.29) is 11.8 Å². The summed E-state index contributed by atoms with van der Waals surface area (Å²) in [6.07, 6.45) is -1.01. The van der Waals surface area contributed by atoms with Crippen molar-refractivity contribution in [2.45, 2.75) is 38.0 Å². The number of rotatable bonds is 8. The highest BCUT2D eigenvalue weighted by Gasteiger charge is 2.44. The van der Waals surface area contributed by atoms with E-state index >= 15 is 0 Å². The van der Waals surface area contributed by atoms with Crippen molar-refractivity contribution in [2.24, 2.45) is 0 Å². The number of nitrogens with zero attached hydrogens (tertiary/aromatic N) is 5. The van der Waals surface area contributed by atoms with Gasteiger partial charge in [0.25, 0.3) is 0 Å². The minimum atomic E-state index is -1.17. The molecule has 34 heavy (non-hydrogen) atoms. The van der Waals surface area contributed by atoms with Crippen LogP contribution in [0.5, 0.6) is 0 Å². The molecule has 0 spiro atoms. The fraction of sp³-hybridized carbons (Fsp3) is 0.455. The Hall–Kier alpha value is -3.32. The second kappa shape index (κ2) is 10.3. The molecule has 3 aromatic rings. The molecule has 2 aromatic heterocycles. The maximum absolute atomic E-state index is 12.0. The molecule has 1 fully saturated rings. The first-order valence-corrected chi connectivity index (χ1v) is 11.0. The van der Waals surface area contributed by atoms with E-state index in [1.165, 1.54) is 18.2 Å². The minimum Gasteiger partial charge on any atom is -0.387 e. The number of nitrogens with one attached hydrogen (secondary N) is 2. The highest BCUT2D eigenvalue weighted by atomic mass is 16.6. The smallest absolute Gasteiger partial charge is 0.315 e. The zero-order valence-corrected chi connectivity index (χ0v) is 19.1. The molecule has 1 aliphatic heterocycles. The van der Waals surface area contributed by atoms with Crippen molar-refractivity contribution in [2.75, 3.05) is 32.4 Å². The van der Waals surface area contributed by atoms with Crippen LogP contribution in [0, 0.1) is 6.92 Å². The summed E-state index contributed by atoms with van der Waals surface area (Å²) in [6.45, 7) is 3.76. The predicted molar refractivity (Wildman–Crippen MR) is 125 cm³/mol. The van der Waals surface area contributed by atoms with Crippen molar-refractivity contribution in [3.63, 3.8) is 0 Å². The van der Waals surface area contributed by atoms with Crippen LogP contribution in [-0.4, -0.2) is 85.7 Å². The Labute approximate surface area is 196 Å². The molecular weight excluding hydrogens is 440 g/mol. The molecule has 0 radical (unpaired) electrons. The minimum absolute atomic E-state index is 0.225. The largest absolute Gasteiger partial charge is 0.387 e. The fourth-order valence-electron chi connectivity index (χ4n) is 3.88. The predicted octanol–water partition coefficient (Wildman–Crippen LogP) is -0.233. The monoisotopic (exact) mass is 470 g/mol. The van der Waals surface area contributed by atoms with Gasteiger partial charge in [0, 0.05) is 26.2 Å². The quantitative estimate of drug-likeness (QED) is 0.299. The van der Waals surface area contributed by atoms with Gasteiger partial charge in [0.05, 0.1) is 6.33 Å². The van der Waals surface area contributed by atoms with Gasteiger partial charge in [-0.2, -0.15) is 0 Å². The second-order valence-electron chi connectivity index (χ2n) is 8.49. The number of aromatic nitrogens is 4. The number of aliphatic hydroxyl groups excluding tert-OH is 2. The van der Waals surface area contributed by atoms with Crippen LogP contribution in [0.2, 0.25) is 0 Å². The van der Waals surface area contributed by atoms with Crippen molar-refractivity contribution in [1.82, 2.24) is 35.1 Å². The Bertz CT molecular complexity index is 1120. The maximum Gasteiger partial charge on any atom is 0.315 e. The van der Waals surface area contributed by atoms with E-state index in [0.29, 0.717) is 37.3 Å². The highest BCUT2D eigenvalue weighted by molar-refractivity contribution is 5.81. The second-order valence-corrected chi connectivity index (χ2v) is 8.49. The number of carbonyl (C=O) groups excluding carboxylic acids is 1. The van der Waals surface area contributed by atoms with Crippen LogP contribution in [0.25, 0.3) is 11.2 Å². The molecule has 6 N–H and O–H groups in total. The van der Waals surface area contributed by atoms with E-state index < -0.39 is 24.5 Å². The Kier molecular flexibility index (Phi) is 7.22. The Morgan fingerprint density at radius 1 is 1.18 bits per heavy atom. The van der Waals surface area contributed by atoms with E-state index in [2.05, 4.69) is 25.6 Å². The molecule has 12 nitrogen and oxygen atoms in total. The Balaban J connectivity index is 1.24. The van der Waals surface area contributed by atoms with Gasteiger partial charge in [-0.3, -0.25) is 4.57 Å². The lowest BCUT2D eigenvalue weighted by molar-refractivity contribution is -0.0420. The zero-order valence-electron chi connectivity index (χ0n) is 19.1. The van der Waals surface area contributed by atoms with Gasteiger partial charge < -0.3 is 36.2 Å². The molecule has 0 aliphatic carbocycles. The summed E-state index contributed by atoms with van der Waals surface area (Å²) >= 11 is 0. The van der Waals surface area contributed by atoms with Crippen molar-refractivity contribution < 1.29 is 19.7 Å². The van der Waals surface area contributed by atoms with Crippen LogP contribution in [-0.2, 0) is 11.3 Å². The van der Waals surface area contributed by atoms with Crippen LogP contribution < -0.4 is 16.4 Å². The van der Waals surface area contributed by atoms with Crippen LogP contribution in [0.1, 0.15) is 17.4 Å². The van der Waals surface area contributed by atoms with Gasteiger partial charge in [0.1, 0.15) is 30.2 Å². The first kappa shape index (κ1) is 23.8. The molecule has 0 bridgehead atoms. The lowest BCUT2D eigenvalue weighted by Gasteiger charge is -2.23. The summed E-state index contributed by atoms with van der Waals surface area (Å²) in [5, 5.41) is 26.8. The normalized spacial score (nSPS) is 22.4. The van der Waals surface area contributed by atoms with E-state index in [0.717, 1.165) is 5.56 Å². The van der Waals surface area contributed by atoms with E-state index in [4.69, 9.17) is 10.5 Å². The molecule has 12 heteroatoms. The number of benzene rings is 1. The SMILES string of the molecule is Cc1ccc(CNC(=O)NCCN(C)C[C@H]2O[C@@H](n3cnc4c(N)ncnc43)[C@H](O)[C@@H]2O)cc1. The molecule has 1 saturated heterocycles. The van der Waals surface area contributed by atoms with Gasteiger partial charge >= 0.3 is 6.03 Å². The molecule has 182 valence electrons. The van der Waals surface area contributed by atoms with Crippen LogP contribution in [0.15, 0.2) is 36.9 Å². The van der Waals surface area contributed by atoms with Crippen LogP contribution >= 0.6 is 0 Å². The number of urea groups is 1. The third-order valence-corrected chi connectivity index (χ3v) is 5.84. The van der Waals surface area contributed by atoms with Gasteiger partial charge in [0.2, 0.25) is 0 Å². The lowest BCUT2D eigenvalue weighted by atomic mass is 10.1. The molecule has 0 unspecified atom stereocenters. The van der Waals surface area contributed by atoms with E-state index in [1.54, 1.807) is 4.57 Å². The molecule has 2 amide bonds. The number of carbonyl (C=O) groups is 1. The topological polar surface area (TPSA) is 164 Å². The first-order chi connectivity index (χ1) is 16.3. The number of hydrogen-bond acceptors (Lipinski definition) is 9. The van der Waals surface area contributed by atoms with Crippen LogP contribution in [0.4, 0.5) is 10.6 Å². The third kappa shape index (κ3) is 5.25. The summed E-state index contributed by atoms with van der Waals surface area (Å²) in [4.78, 5) is 26.2. The molecule has 3 heterocycles. The van der Waals surface area contributed by atoms with E-state index in [1.807, 2.05) is 43.1 Å². The lowest BCUT2D eigenvalue weighted by Crippen LogP contribution is -2.43. The molecule has 1 aromatic carbocycles. The fourth-order valence-corrected chi connectivity index (χ4v) is 3.88. The summed E-state index contributed by atoms with van der Waals surface area (Å²) in [6, 6.07) is 7.71. The molecule has 0 saturated carbocycles. The van der Waals surface area contributed by atoms with Gasteiger partial charge in [-0.1, -0.05) is 29.8 Å². The van der Waals surface area contributed by atoms with Crippen molar-refractivity contribution in [3.8, 4) is 0 Å². The summed E-state index contributed by atoms with van der Waals surface area (Å²) < 4.78 is 7.50. The maximum atomic E-state index is 12.0. The number of fused-ring (bicyclic) bond motifs is 1. The summed E-state index contributed by atoms with van der Waals surface area (Å²) in [5.74, 6) is 0.225. The number of ether oxygens (including phenoxy) is 1. The molecular formula is C22H30N8O4. The number of nitrogens with two attached hydrogens (primary N) is 1. The van der Waals surface area contributed by atoms with Crippen LogP contribution in [0.3, 0.4) is 0 Å². The van der Waals surface area contributed by atoms with E-state index in [9.17, 15) is 15.0 Å². The number of aliphatic hydroxyl groups is 2. The Morgan fingerprint density at radius 3 is 2.71 bits per heavy atom. The number of likely N-dealkylation sites (N-methyl/N-ethyl adjacent to an activating group) is 1. The van der Waals surface area contributed by atoms with Gasteiger partial charge in [0.15, 0.2) is 17.7 Å². The number of anilines is 1. The van der Waals surface area contributed by atoms with Crippen molar-refractivity contribution in [1.29, 1.82) is 0 Å². The number of hydrogen-bond donors (Lipinski definition) is 5. The molecule has 1 aliphatic rings. The van der Waals surface area contributed by atoms with Gasteiger partial charge in [-0.15, -0.1) is 0 Å². The Morgan fingerprint density at radius 2 is 1.94 bits per heavy atom. The number of amides is 2. The van der Waals surface area contributed by atoms with Crippen molar-refractivity contribution in [3.05, 3.63) is 48.0 Å². The number of aryl methyl sites for hydroxylation is 1. The average molecular weight is 471 g/mol. The van der Waals surface area contributed by atoms with Gasteiger partial charge in [-0.05, 0) is 19.5 Å². The molecule has 4 rings (SSSR count). The summed E-state index contributed by atoms with van der Waals surface area (Å²) in [7, 11) is 1.85. The number of nitrogen functional groups attached to an aromatic ring is 1. The average Bonchev–Trinajstić information content (AvgIpc) is 3.36. The van der Waals surface area contributed by atoms with Crippen molar-refractivity contribution >= 4 is 23.0 Å². The first-order valence-electron chi connectivity index (χ1n) is 11.0.